The summed E-state index contributed by atoms with van der Waals surface area (Å²) >= 11 is 0. The Kier molecular flexibility index (Phi) is 10.3. The fourth-order valence-corrected chi connectivity index (χ4v) is 2.46. The summed E-state index contributed by atoms with van der Waals surface area (Å²) in [6, 6.07) is 0. The van der Waals surface area contributed by atoms with Crippen molar-refractivity contribution in [2.24, 2.45) is 11.8 Å². The number of aliphatic hydroxyl groups is 2. The zero-order valence-corrected chi connectivity index (χ0v) is 14.9. The number of hydrogen-bond donors (Lipinski definition) is 2. The Labute approximate surface area is 140 Å². The van der Waals surface area contributed by atoms with Crippen molar-refractivity contribution in [2.75, 3.05) is 33.0 Å². The van der Waals surface area contributed by atoms with Gasteiger partial charge in [0.1, 0.15) is 6.10 Å². The minimum absolute atomic E-state index is 0.271. The summed E-state index contributed by atoms with van der Waals surface area (Å²) in [5.74, 6) is 0.384. The maximum absolute atomic E-state index is 10.0. The molecule has 1 saturated heterocycles. The van der Waals surface area contributed by atoms with Crippen LogP contribution in [0.2, 0.25) is 0 Å². The lowest BCUT2D eigenvalue weighted by molar-refractivity contribution is -0.279. The van der Waals surface area contributed by atoms with E-state index < -0.39 is 18.5 Å². The predicted octanol–water partition coefficient (Wildman–Crippen LogP) is 1.58. The van der Waals surface area contributed by atoms with E-state index in [9.17, 15) is 10.2 Å². The molecular weight excluding hydrogens is 300 g/mol. The van der Waals surface area contributed by atoms with Crippen molar-refractivity contribution in [3.63, 3.8) is 0 Å². The summed E-state index contributed by atoms with van der Waals surface area (Å²) in [5.41, 5.74) is 0. The normalized spacial score (nSPS) is 31.7. The van der Waals surface area contributed by atoms with E-state index in [4.69, 9.17) is 18.9 Å². The smallest absolute Gasteiger partial charge is 0.163 e. The highest BCUT2D eigenvalue weighted by atomic mass is 16.7. The maximum atomic E-state index is 10.0. The molecule has 138 valence electrons. The fourth-order valence-electron chi connectivity index (χ4n) is 2.46. The molecule has 1 rings (SSSR count). The van der Waals surface area contributed by atoms with Gasteiger partial charge >= 0.3 is 0 Å². The van der Waals surface area contributed by atoms with Crippen LogP contribution in [0.3, 0.4) is 0 Å². The maximum Gasteiger partial charge on any atom is 0.163 e. The van der Waals surface area contributed by atoms with Gasteiger partial charge in [0.05, 0.1) is 38.6 Å². The molecule has 0 aromatic rings. The number of ether oxygens (including phenoxy) is 4. The molecule has 5 atom stereocenters. The first-order valence-corrected chi connectivity index (χ1v) is 8.76. The number of aliphatic hydroxyl groups excluding tert-OH is 2. The molecule has 1 fully saturated rings. The van der Waals surface area contributed by atoms with E-state index in [-0.39, 0.29) is 12.0 Å². The van der Waals surface area contributed by atoms with Gasteiger partial charge in [-0.05, 0) is 18.8 Å². The van der Waals surface area contributed by atoms with Gasteiger partial charge in [-0.15, -0.1) is 0 Å². The van der Waals surface area contributed by atoms with Gasteiger partial charge in [0.25, 0.3) is 0 Å². The van der Waals surface area contributed by atoms with Crippen molar-refractivity contribution in [3.8, 4) is 0 Å². The first-order valence-electron chi connectivity index (χ1n) is 8.76. The molecule has 0 unspecified atom stereocenters. The molecule has 0 saturated carbocycles. The molecule has 1 aliphatic heterocycles. The molecule has 6 nitrogen and oxygen atoms in total. The molecule has 0 bridgehead atoms. The summed E-state index contributed by atoms with van der Waals surface area (Å²) in [4.78, 5) is 0. The summed E-state index contributed by atoms with van der Waals surface area (Å²) in [6.45, 7) is 10.8. The van der Waals surface area contributed by atoms with Crippen LogP contribution in [0.1, 0.15) is 40.5 Å². The van der Waals surface area contributed by atoms with E-state index in [1.165, 1.54) is 0 Å². The van der Waals surface area contributed by atoms with Crippen LogP contribution in [0.5, 0.6) is 0 Å². The van der Waals surface area contributed by atoms with Crippen LogP contribution in [0, 0.1) is 11.8 Å². The van der Waals surface area contributed by atoms with E-state index in [1.807, 2.05) is 13.8 Å². The Balaban J connectivity index is 2.08. The molecule has 1 aliphatic rings. The Bertz CT molecular complexity index is 297. The second-order valence-corrected chi connectivity index (χ2v) is 6.57. The van der Waals surface area contributed by atoms with Crippen LogP contribution in [-0.2, 0) is 18.9 Å². The zero-order chi connectivity index (χ0) is 17.2. The zero-order valence-electron chi connectivity index (χ0n) is 14.9. The minimum atomic E-state index is -0.853. The van der Waals surface area contributed by atoms with Crippen LogP contribution in [0.4, 0.5) is 0 Å². The highest BCUT2D eigenvalue weighted by molar-refractivity contribution is 4.86. The third-order valence-electron chi connectivity index (χ3n) is 4.13. The predicted molar refractivity (Wildman–Crippen MR) is 87.2 cm³/mol. The van der Waals surface area contributed by atoms with Crippen LogP contribution in [0.15, 0.2) is 0 Å². The third kappa shape index (κ3) is 7.45. The summed E-state index contributed by atoms with van der Waals surface area (Å²) in [5, 5.41) is 19.9. The Morgan fingerprint density at radius 3 is 2.17 bits per heavy atom. The first-order chi connectivity index (χ1) is 11.0. The molecule has 0 radical (unpaired) electrons. The number of rotatable bonds is 11. The van der Waals surface area contributed by atoms with Crippen molar-refractivity contribution >= 4 is 0 Å². The van der Waals surface area contributed by atoms with Crippen molar-refractivity contribution in [1.82, 2.24) is 0 Å². The molecular formula is C17H34O6. The molecule has 0 spiro atoms. The first kappa shape index (κ1) is 20.8. The molecule has 1 heterocycles. The van der Waals surface area contributed by atoms with Gasteiger partial charge in [-0.1, -0.05) is 27.7 Å². The van der Waals surface area contributed by atoms with Crippen molar-refractivity contribution in [1.29, 1.82) is 0 Å². The van der Waals surface area contributed by atoms with E-state index in [2.05, 4.69) is 13.8 Å². The molecule has 0 amide bonds. The van der Waals surface area contributed by atoms with Gasteiger partial charge in [0, 0.05) is 12.5 Å². The SMILES string of the molecule is CC[C@H]1O[C@@H](OCCOCCOCCC(C)C)[C@H](C)[C@@H](O)[C@H]1O. The van der Waals surface area contributed by atoms with E-state index in [1.54, 1.807) is 0 Å². The van der Waals surface area contributed by atoms with Crippen LogP contribution < -0.4 is 0 Å². The van der Waals surface area contributed by atoms with Gasteiger partial charge < -0.3 is 29.2 Å². The topological polar surface area (TPSA) is 77.4 Å². The van der Waals surface area contributed by atoms with Gasteiger partial charge in [-0.3, -0.25) is 0 Å². The molecule has 0 aromatic carbocycles. The monoisotopic (exact) mass is 334 g/mol. The quantitative estimate of drug-likeness (QED) is 0.559. The van der Waals surface area contributed by atoms with Gasteiger partial charge in [-0.2, -0.15) is 0 Å². The highest BCUT2D eigenvalue weighted by Gasteiger charge is 2.41. The van der Waals surface area contributed by atoms with Crippen LogP contribution in [0.25, 0.3) is 0 Å². The molecule has 0 aromatic heterocycles. The highest BCUT2D eigenvalue weighted by Crippen LogP contribution is 2.27. The fraction of sp³-hybridized carbons (Fsp3) is 1.00. The van der Waals surface area contributed by atoms with Crippen molar-refractivity contribution < 1.29 is 29.2 Å². The van der Waals surface area contributed by atoms with Gasteiger partial charge in [0.15, 0.2) is 6.29 Å². The average Bonchev–Trinajstić information content (AvgIpc) is 2.52. The minimum Gasteiger partial charge on any atom is -0.390 e. The largest absolute Gasteiger partial charge is 0.390 e. The lowest BCUT2D eigenvalue weighted by Crippen LogP contribution is -2.54. The van der Waals surface area contributed by atoms with Crippen molar-refractivity contribution in [3.05, 3.63) is 0 Å². The molecule has 23 heavy (non-hydrogen) atoms. The average molecular weight is 334 g/mol. The summed E-state index contributed by atoms with van der Waals surface area (Å²) in [7, 11) is 0. The standard InChI is InChI=1S/C17H34O6/c1-5-14-16(19)15(18)13(4)17(23-14)22-11-10-21-9-8-20-7-6-12(2)3/h12-19H,5-11H2,1-4H3/t13-,14-,15-,16+,17-/m1/s1. The second-order valence-electron chi connectivity index (χ2n) is 6.57. The molecule has 2 N–H and O–H groups in total. The summed E-state index contributed by atoms with van der Waals surface area (Å²) in [6.07, 6.45) is -0.879. The van der Waals surface area contributed by atoms with Crippen molar-refractivity contribution in [2.45, 2.75) is 65.1 Å². The van der Waals surface area contributed by atoms with Crippen LogP contribution >= 0.6 is 0 Å². The van der Waals surface area contributed by atoms with E-state index >= 15 is 0 Å². The third-order valence-corrected chi connectivity index (χ3v) is 4.13. The number of hydrogen-bond acceptors (Lipinski definition) is 6. The lowest BCUT2D eigenvalue weighted by atomic mass is 9.91. The lowest BCUT2D eigenvalue weighted by Gasteiger charge is -2.41. The van der Waals surface area contributed by atoms with Crippen LogP contribution in [-0.4, -0.2) is 67.8 Å². The van der Waals surface area contributed by atoms with E-state index in [0.29, 0.717) is 38.8 Å². The van der Waals surface area contributed by atoms with Gasteiger partial charge in [-0.25, -0.2) is 0 Å². The summed E-state index contributed by atoms with van der Waals surface area (Å²) < 4.78 is 22.3. The Morgan fingerprint density at radius 1 is 0.957 bits per heavy atom. The van der Waals surface area contributed by atoms with E-state index in [0.717, 1.165) is 13.0 Å². The Morgan fingerprint density at radius 2 is 1.57 bits per heavy atom. The van der Waals surface area contributed by atoms with Gasteiger partial charge in [0.2, 0.25) is 0 Å². The molecule has 6 heteroatoms. The Hall–Kier alpha value is -0.240. The molecule has 0 aliphatic carbocycles. The second kappa shape index (κ2) is 11.3.